The van der Waals surface area contributed by atoms with E-state index in [1.54, 1.807) is 6.07 Å². The van der Waals surface area contributed by atoms with Crippen LogP contribution >= 0.6 is 11.6 Å². The predicted molar refractivity (Wildman–Crippen MR) is 104 cm³/mol. The van der Waals surface area contributed by atoms with Crippen LogP contribution in [0.2, 0.25) is 5.02 Å². The molecule has 2 N–H and O–H groups in total. The van der Waals surface area contributed by atoms with Gasteiger partial charge in [0, 0.05) is 5.02 Å². The monoisotopic (exact) mass is 392 g/mol. The molecule has 26 heavy (non-hydrogen) atoms. The Bertz CT molecular complexity index is 957. The van der Waals surface area contributed by atoms with Gasteiger partial charge in [-0.2, -0.15) is 0 Å². The zero-order valence-corrected chi connectivity index (χ0v) is 16.2. The van der Waals surface area contributed by atoms with Crippen LogP contribution in [0.25, 0.3) is 0 Å². The maximum absolute atomic E-state index is 12.9. The van der Waals surface area contributed by atoms with Crippen molar-refractivity contribution in [3.05, 3.63) is 63.7 Å². The summed E-state index contributed by atoms with van der Waals surface area (Å²) in [5.74, 6) is -0.349. The van der Waals surface area contributed by atoms with Gasteiger partial charge in [0.1, 0.15) is 0 Å². The number of anilines is 1. The number of carbonyl (C=O) groups is 1. The van der Waals surface area contributed by atoms with Crippen LogP contribution in [0.4, 0.5) is 5.69 Å². The first-order valence-electron chi connectivity index (χ1n) is 8.40. The summed E-state index contributed by atoms with van der Waals surface area (Å²) in [6.07, 6.45) is 3.88. The first-order valence-corrected chi connectivity index (χ1v) is 10.7. The Kier molecular flexibility index (Phi) is 5.25. The summed E-state index contributed by atoms with van der Waals surface area (Å²) < 4.78 is 25.5. The lowest BCUT2D eigenvalue weighted by Crippen LogP contribution is -2.31. The Morgan fingerprint density at radius 3 is 2.69 bits per heavy atom. The van der Waals surface area contributed by atoms with Gasteiger partial charge in [-0.05, 0) is 55.5 Å². The number of aryl methyl sites for hydroxylation is 2. The molecule has 7 heteroatoms. The number of amides is 1. The van der Waals surface area contributed by atoms with Crippen LogP contribution in [0.15, 0.2) is 36.4 Å². The minimum absolute atomic E-state index is 0.101. The van der Waals surface area contributed by atoms with E-state index in [1.807, 2.05) is 6.92 Å². The lowest BCUT2D eigenvalue weighted by atomic mass is 9.86. The lowest BCUT2D eigenvalue weighted by Gasteiger charge is -2.27. The fourth-order valence-electron chi connectivity index (χ4n) is 3.30. The second-order valence-electron chi connectivity index (χ2n) is 6.68. The zero-order valence-electron chi connectivity index (χ0n) is 14.7. The summed E-state index contributed by atoms with van der Waals surface area (Å²) >= 11 is 6.02. The van der Waals surface area contributed by atoms with Gasteiger partial charge in [-0.1, -0.05) is 35.4 Å². The number of nitrogens with one attached hydrogen (secondary N) is 2. The first-order chi connectivity index (χ1) is 12.2. The number of halogens is 1. The van der Waals surface area contributed by atoms with Gasteiger partial charge in [-0.15, -0.1) is 0 Å². The molecule has 0 aromatic heterocycles. The van der Waals surface area contributed by atoms with Crippen molar-refractivity contribution in [2.75, 3.05) is 11.0 Å². The molecule has 1 aliphatic carbocycles. The Hall–Kier alpha value is -2.05. The molecule has 1 amide bonds. The molecule has 138 valence electrons. The lowest BCUT2D eigenvalue weighted by molar-refractivity contribution is 0.0933. The van der Waals surface area contributed by atoms with Crippen molar-refractivity contribution in [2.24, 2.45) is 0 Å². The molecule has 0 radical (unpaired) electrons. The molecule has 5 nitrogen and oxygen atoms in total. The zero-order chi connectivity index (χ0) is 18.9. The Labute approximate surface area is 158 Å². The number of carbonyl (C=O) groups excluding carboxylic acids is 1. The third kappa shape index (κ3) is 4.37. The summed E-state index contributed by atoms with van der Waals surface area (Å²) in [6, 6.07) is 10.7. The van der Waals surface area contributed by atoms with E-state index < -0.39 is 10.0 Å². The van der Waals surface area contributed by atoms with Crippen LogP contribution in [0, 0.1) is 6.92 Å². The quantitative estimate of drug-likeness (QED) is 0.830. The second-order valence-corrected chi connectivity index (χ2v) is 8.87. The third-order valence-electron chi connectivity index (χ3n) is 4.44. The molecule has 0 bridgehead atoms. The standard InChI is InChI=1S/C19H21ClN2O3S/c1-12-6-7-13-4-3-5-17(15(13)10-12)21-19(23)16-11-14(20)8-9-18(16)22-26(2,24)25/h6-11,17,22H,3-5H2,1-2H3,(H,21,23)/t17-/m0/s1. The molecular weight excluding hydrogens is 372 g/mol. The van der Waals surface area contributed by atoms with Crippen molar-refractivity contribution >= 4 is 33.2 Å². The molecule has 0 spiro atoms. The van der Waals surface area contributed by atoms with E-state index in [-0.39, 0.29) is 23.2 Å². The van der Waals surface area contributed by atoms with Gasteiger partial charge in [0.15, 0.2) is 0 Å². The van der Waals surface area contributed by atoms with Gasteiger partial charge in [0.2, 0.25) is 10.0 Å². The molecule has 1 aliphatic rings. The van der Waals surface area contributed by atoms with E-state index in [2.05, 4.69) is 28.2 Å². The van der Waals surface area contributed by atoms with E-state index in [1.165, 1.54) is 17.7 Å². The molecule has 0 aliphatic heterocycles. The maximum atomic E-state index is 12.9. The minimum atomic E-state index is -3.51. The second kappa shape index (κ2) is 7.29. The molecule has 0 fully saturated rings. The number of benzene rings is 2. The fraction of sp³-hybridized carbons (Fsp3) is 0.316. The third-order valence-corrected chi connectivity index (χ3v) is 5.27. The van der Waals surface area contributed by atoms with Gasteiger partial charge in [0.25, 0.3) is 5.91 Å². The molecule has 0 saturated heterocycles. The largest absolute Gasteiger partial charge is 0.345 e. The van der Waals surface area contributed by atoms with Crippen LogP contribution in [0.3, 0.4) is 0 Å². The van der Waals surface area contributed by atoms with Crippen molar-refractivity contribution in [2.45, 2.75) is 32.2 Å². The van der Waals surface area contributed by atoms with Crippen molar-refractivity contribution in [3.63, 3.8) is 0 Å². The summed E-state index contributed by atoms with van der Waals surface area (Å²) in [6.45, 7) is 2.03. The van der Waals surface area contributed by atoms with Crippen molar-refractivity contribution in [1.29, 1.82) is 0 Å². The van der Waals surface area contributed by atoms with Gasteiger partial charge in [-0.25, -0.2) is 8.42 Å². The normalized spacial score (nSPS) is 16.7. The molecule has 0 saturated carbocycles. The smallest absolute Gasteiger partial charge is 0.253 e. The number of hydrogen-bond donors (Lipinski definition) is 2. The molecule has 0 heterocycles. The highest BCUT2D eigenvalue weighted by Crippen LogP contribution is 2.31. The van der Waals surface area contributed by atoms with Gasteiger partial charge >= 0.3 is 0 Å². The van der Waals surface area contributed by atoms with Crippen molar-refractivity contribution in [3.8, 4) is 0 Å². The number of sulfonamides is 1. The van der Waals surface area contributed by atoms with Crippen molar-refractivity contribution < 1.29 is 13.2 Å². The molecular formula is C19H21ClN2O3S. The highest BCUT2D eigenvalue weighted by atomic mass is 35.5. The summed E-state index contributed by atoms with van der Waals surface area (Å²) in [7, 11) is -3.51. The number of rotatable bonds is 4. The van der Waals surface area contributed by atoms with E-state index in [4.69, 9.17) is 11.6 Å². The van der Waals surface area contributed by atoms with Crippen LogP contribution in [-0.4, -0.2) is 20.6 Å². The number of hydrogen-bond acceptors (Lipinski definition) is 3. The molecule has 2 aromatic rings. The van der Waals surface area contributed by atoms with Crippen LogP contribution in [0.5, 0.6) is 0 Å². The Balaban J connectivity index is 1.90. The summed E-state index contributed by atoms with van der Waals surface area (Å²) in [4.78, 5) is 12.9. The fourth-order valence-corrected chi connectivity index (χ4v) is 4.05. The molecule has 2 aromatic carbocycles. The van der Waals surface area contributed by atoms with Gasteiger partial charge < -0.3 is 5.32 Å². The highest BCUT2D eigenvalue weighted by molar-refractivity contribution is 7.92. The first kappa shape index (κ1) is 18.7. The number of fused-ring (bicyclic) bond motifs is 1. The van der Waals surface area contributed by atoms with E-state index in [0.717, 1.165) is 36.6 Å². The van der Waals surface area contributed by atoms with Crippen LogP contribution in [-0.2, 0) is 16.4 Å². The van der Waals surface area contributed by atoms with Crippen LogP contribution < -0.4 is 10.0 Å². The van der Waals surface area contributed by atoms with E-state index in [0.29, 0.717) is 5.02 Å². The topological polar surface area (TPSA) is 75.3 Å². The van der Waals surface area contributed by atoms with Crippen LogP contribution in [0.1, 0.15) is 45.9 Å². The van der Waals surface area contributed by atoms with Gasteiger partial charge in [-0.3, -0.25) is 9.52 Å². The minimum Gasteiger partial charge on any atom is -0.345 e. The van der Waals surface area contributed by atoms with E-state index in [9.17, 15) is 13.2 Å². The molecule has 3 rings (SSSR count). The highest BCUT2D eigenvalue weighted by Gasteiger charge is 2.24. The summed E-state index contributed by atoms with van der Waals surface area (Å²) in [5.41, 5.74) is 3.95. The predicted octanol–water partition coefficient (Wildman–Crippen LogP) is 3.83. The molecule has 0 unspecified atom stereocenters. The molecule has 1 atom stereocenters. The Morgan fingerprint density at radius 2 is 1.96 bits per heavy atom. The summed E-state index contributed by atoms with van der Waals surface area (Å²) in [5, 5.41) is 3.41. The average Bonchev–Trinajstić information content (AvgIpc) is 2.56. The van der Waals surface area contributed by atoms with E-state index >= 15 is 0 Å². The van der Waals surface area contributed by atoms with Gasteiger partial charge in [0.05, 0.1) is 23.5 Å². The SMILES string of the molecule is Cc1ccc2c(c1)[C@@H](NC(=O)c1cc(Cl)ccc1NS(C)(=O)=O)CCC2. The maximum Gasteiger partial charge on any atom is 0.253 e. The Morgan fingerprint density at radius 1 is 1.19 bits per heavy atom. The van der Waals surface area contributed by atoms with Crippen molar-refractivity contribution in [1.82, 2.24) is 5.32 Å². The average molecular weight is 393 g/mol.